The molecular weight excluding hydrogens is 411 g/mol. The summed E-state index contributed by atoms with van der Waals surface area (Å²) >= 11 is 0. The van der Waals surface area contributed by atoms with Crippen molar-refractivity contribution in [3.8, 4) is 11.4 Å². The van der Waals surface area contributed by atoms with Crippen LogP contribution in [0.2, 0.25) is 0 Å². The van der Waals surface area contributed by atoms with Gasteiger partial charge in [0.05, 0.1) is 17.3 Å². The molecule has 1 aliphatic heterocycles. The minimum absolute atomic E-state index is 0.0144. The minimum atomic E-state index is -0.496. The number of hydrogen-bond donors (Lipinski definition) is 3. The van der Waals surface area contributed by atoms with E-state index in [0.29, 0.717) is 11.5 Å². The molecule has 3 N–H and O–H groups in total. The Bertz CT molecular complexity index is 1130. The van der Waals surface area contributed by atoms with E-state index in [4.69, 9.17) is 0 Å². The number of carbonyl (C=O) groups excluding carboxylic acids is 1. The number of carbonyl (C=O) groups is 1. The lowest BCUT2D eigenvalue weighted by Crippen LogP contribution is -2.47. The zero-order valence-electron chi connectivity index (χ0n) is 18.1. The van der Waals surface area contributed by atoms with Crippen molar-refractivity contribution in [1.29, 1.82) is 0 Å². The number of halogens is 1. The second-order valence-electron chi connectivity index (χ2n) is 8.62. The molecule has 0 unspecified atom stereocenters. The molecule has 1 saturated carbocycles. The Morgan fingerprint density at radius 2 is 1.97 bits per heavy atom. The first-order valence-electron chi connectivity index (χ1n) is 11.2. The molecular formula is C22H27FN8O. The predicted molar refractivity (Wildman–Crippen MR) is 119 cm³/mol. The van der Waals surface area contributed by atoms with Gasteiger partial charge in [0.1, 0.15) is 12.0 Å². The molecule has 1 saturated heterocycles. The van der Waals surface area contributed by atoms with Gasteiger partial charge in [-0.3, -0.25) is 0 Å². The van der Waals surface area contributed by atoms with Crippen LogP contribution in [0.4, 0.5) is 15.0 Å². The number of aromatic amines is 1. The molecule has 32 heavy (non-hydrogen) atoms. The highest BCUT2D eigenvalue weighted by atomic mass is 19.1. The maximum absolute atomic E-state index is 14.6. The molecule has 168 valence electrons. The van der Waals surface area contributed by atoms with E-state index in [1.807, 2.05) is 11.8 Å². The van der Waals surface area contributed by atoms with Gasteiger partial charge in [-0.2, -0.15) is 0 Å². The van der Waals surface area contributed by atoms with Crippen LogP contribution in [0.3, 0.4) is 0 Å². The van der Waals surface area contributed by atoms with Gasteiger partial charge < -0.3 is 20.5 Å². The molecule has 10 heteroatoms. The number of rotatable bonds is 4. The van der Waals surface area contributed by atoms with E-state index in [9.17, 15) is 9.18 Å². The third-order valence-electron chi connectivity index (χ3n) is 6.38. The largest absolute Gasteiger partial charge is 0.365 e. The van der Waals surface area contributed by atoms with Crippen molar-refractivity contribution in [3.63, 3.8) is 0 Å². The third kappa shape index (κ3) is 4.09. The van der Waals surface area contributed by atoms with E-state index in [1.165, 1.54) is 12.5 Å². The first-order valence-corrected chi connectivity index (χ1v) is 11.2. The molecule has 0 spiro atoms. The number of urea groups is 1. The molecule has 3 aromatic heterocycles. The Kier molecular flexibility index (Phi) is 5.59. The van der Waals surface area contributed by atoms with Crippen LogP contribution in [-0.2, 0) is 0 Å². The van der Waals surface area contributed by atoms with E-state index in [-0.39, 0.29) is 23.9 Å². The molecule has 3 aromatic rings. The van der Waals surface area contributed by atoms with Gasteiger partial charge in [-0.1, -0.05) is 0 Å². The maximum atomic E-state index is 14.6. The molecule has 9 nitrogen and oxygen atoms in total. The number of anilines is 1. The molecule has 2 atom stereocenters. The van der Waals surface area contributed by atoms with E-state index in [1.54, 1.807) is 6.20 Å². The summed E-state index contributed by atoms with van der Waals surface area (Å²) in [7, 11) is 0. The second-order valence-corrected chi connectivity index (χ2v) is 8.62. The number of likely N-dealkylation sites (tertiary alicyclic amines) is 1. The number of nitrogens with zero attached hydrogens (tertiary/aromatic N) is 5. The summed E-state index contributed by atoms with van der Waals surface area (Å²) in [6, 6.07) is 0.116. The van der Waals surface area contributed by atoms with E-state index in [0.717, 1.165) is 68.3 Å². The summed E-state index contributed by atoms with van der Waals surface area (Å²) in [6.45, 7) is 3.55. The number of hydrogen-bond acceptors (Lipinski definition) is 6. The van der Waals surface area contributed by atoms with Gasteiger partial charge in [-0.15, -0.1) is 0 Å². The fourth-order valence-electron chi connectivity index (χ4n) is 4.72. The van der Waals surface area contributed by atoms with E-state index < -0.39 is 5.82 Å². The predicted octanol–water partition coefficient (Wildman–Crippen LogP) is 3.39. The summed E-state index contributed by atoms with van der Waals surface area (Å²) in [5, 5.41) is 7.23. The van der Waals surface area contributed by atoms with Crippen molar-refractivity contribution in [3.05, 3.63) is 30.2 Å². The van der Waals surface area contributed by atoms with Gasteiger partial charge in [0.25, 0.3) is 0 Å². The summed E-state index contributed by atoms with van der Waals surface area (Å²) in [5.41, 5.74) is 2.23. The summed E-state index contributed by atoms with van der Waals surface area (Å²) in [6.07, 6.45) is 10.1. The molecule has 0 radical (unpaired) electrons. The first kappa shape index (κ1) is 20.6. The van der Waals surface area contributed by atoms with Gasteiger partial charge in [0, 0.05) is 36.9 Å². The van der Waals surface area contributed by atoms with Gasteiger partial charge >= 0.3 is 6.03 Å². The smallest absolute Gasteiger partial charge is 0.317 e. The molecule has 2 amide bonds. The van der Waals surface area contributed by atoms with Gasteiger partial charge in [0.2, 0.25) is 0 Å². The fraction of sp³-hybridized carbons (Fsp3) is 0.500. The normalized spacial score (nSPS) is 21.1. The Morgan fingerprint density at radius 3 is 2.81 bits per heavy atom. The van der Waals surface area contributed by atoms with Gasteiger partial charge in [-0.25, -0.2) is 29.1 Å². The first-order chi connectivity index (χ1) is 15.6. The summed E-state index contributed by atoms with van der Waals surface area (Å²) in [4.78, 5) is 34.6. The quantitative estimate of drug-likeness (QED) is 0.576. The summed E-state index contributed by atoms with van der Waals surface area (Å²) in [5.74, 6) is 0.0907. The highest BCUT2D eigenvalue weighted by molar-refractivity contribution is 5.93. The van der Waals surface area contributed by atoms with Crippen LogP contribution >= 0.6 is 0 Å². The maximum Gasteiger partial charge on any atom is 0.317 e. The van der Waals surface area contributed by atoms with Crippen molar-refractivity contribution >= 4 is 22.9 Å². The van der Waals surface area contributed by atoms with Crippen LogP contribution in [-0.4, -0.2) is 61.0 Å². The SMILES string of the molecule is Cc1ncnc2[nH]cc(-c3ncc(F)c(N[C@@H]4CCC[C@H](NC(=O)N5CCCC5)C4)n3)c12. The van der Waals surface area contributed by atoms with Crippen LogP contribution in [0.1, 0.15) is 44.2 Å². The highest BCUT2D eigenvalue weighted by Crippen LogP contribution is 2.29. The van der Waals surface area contributed by atoms with Crippen molar-refractivity contribution in [2.45, 2.75) is 57.5 Å². The van der Waals surface area contributed by atoms with Crippen LogP contribution in [0.25, 0.3) is 22.4 Å². The molecule has 5 rings (SSSR count). The van der Waals surface area contributed by atoms with Crippen molar-refractivity contribution in [2.75, 3.05) is 18.4 Å². The topological polar surface area (TPSA) is 112 Å². The third-order valence-corrected chi connectivity index (χ3v) is 6.38. The Morgan fingerprint density at radius 1 is 1.16 bits per heavy atom. The average Bonchev–Trinajstić information content (AvgIpc) is 3.47. The molecule has 2 fully saturated rings. The number of fused-ring (bicyclic) bond motifs is 1. The molecule has 1 aliphatic carbocycles. The Balaban J connectivity index is 1.31. The van der Waals surface area contributed by atoms with Crippen molar-refractivity contribution in [2.24, 2.45) is 0 Å². The standard InChI is InChI=1S/C22H27FN8O/c1-13-18-16(10-24-21(18)27-12-26-13)19-25-11-17(23)20(30-19)28-14-5-4-6-15(9-14)29-22(32)31-7-2-3-8-31/h10-12,14-15H,2-9H2,1H3,(H,29,32)(H,24,26,27)(H,25,28,30)/t14-,15+/m1/s1. The lowest BCUT2D eigenvalue weighted by molar-refractivity contribution is 0.199. The number of amides is 2. The molecule has 4 heterocycles. The van der Waals surface area contributed by atoms with Crippen molar-refractivity contribution < 1.29 is 9.18 Å². The zero-order chi connectivity index (χ0) is 22.1. The van der Waals surface area contributed by atoms with Crippen LogP contribution in [0.5, 0.6) is 0 Å². The van der Waals surface area contributed by atoms with Crippen LogP contribution in [0, 0.1) is 12.7 Å². The second kappa shape index (κ2) is 8.68. The summed E-state index contributed by atoms with van der Waals surface area (Å²) < 4.78 is 14.6. The van der Waals surface area contributed by atoms with E-state index in [2.05, 4.69) is 35.6 Å². The number of aryl methyl sites for hydroxylation is 1. The number of nitrogens with one attached hydrogen (secondary N) is 3. The molecule has 0 aromatic carbocycles. The average molecular weight is 439 g/mol. The Labute approximate surface area is 185 Å². The van der Waals surface area contributed by atoms with E-state index >= 15 is 0 Å². The van der Waals surface area contributed by atoms with Crippen LogP contribution < -0.4 is 10.6 Å². The molecule has 2 aliphatic rings. The lowest BCUT2D eigenvalue weighted by Gasteiger charge is -2.32. The number of aromatic nitrogens is 5. The van der Waals surface area contributed by atoms with Crippen molar-refractivity contribution in [1.82, 2.24) is 35.1 Å². The zero-order valence-corrected chi connectivity index (χ0v) is 18.1. The molecule has 0 bridgehead atoms. The Hall–Kier alpha value is -3.30. The fourth-order valence-corrected chi connectivity index (χ4v) is 4.72. The highest BCUT2D eigenvalue weighted by Gasteiger charge is 2.27. The lowest BCUT2D eigenvalue weighted by atomic mass is 9.91. The van der Waals surface area contributed by atoms with Crippen LogP contribution in [0.15, 0.2) is 18.7 Å². The minimum Gasteiger partial charge on any atom is -0.365 e. The monoisotopic (exact) mass is 438 g/mol. The number of H-pyrrole nitrogens is 1. The van der Waals surface area contributed by atoms with Gasteiger partial charge in [-0.05, 0) is 45.4 Å². The van der Waals surface area contributed by atoms with Gasteiger partial charge in [0.15, 0.2) is 17.5 Å².